The fourth-order valence-corrected chi connectivity index (χ4v) is 6.88. The van der Waals surface area contributed by atoms with Crippen LogP contribution in [-0.2, 0) is 0 Å². The lowest BCUT2D eigenvalue weighted by Crippen LogP contribution is -2.10. The molecule has 0 fully saturated rings. The van der Waals surface area contributed by atoms with Crippen LogP contribution in [0.25, 0.3) is 32.3 Å². The highest BCUT2D eigenvalue weighted by molar-refractivity contribution is 6.26. The molecule has 0 bridgehead atoms. The van der Waals surface area contributed by atoms with E-state index >= 15 is 0 Å². The number of rotatable bonds is 6. The molecule has 0 N–H and O–H groups in total. The van der Waals surface area contributed by atoms with Gasteiger partial charge >= 0.3 is 0 Å². The third kappa shape index (κ3) is 5.36. The summed E-state index contributed by atoms with van der Waals surface area (Å²) in [6.45, 7) is 8.55. The summed E-state index contributed by atoms with van der Waals surface area (Å²) in [6.07, 6.45) is 0. The molecule has 0 spiro atoms. The Morgan fingerprint density at radius 2 is 0.500 bits per heavy atom. The van der Waals surface area contributed by atoms with E-state index in [2.05, 4.69) is 195 Å². The van der Waals surface area contributed by atoms with Gasteiger partial charge in [-0.3, -0.25) is 0 Å². The molecule has 48 heavy (non-hydrogen) atoms. The molecule has 0 aromatic heterocycles. The summed E-state index contributed by atoms with van der Waals surface area (Å²) in [5.74, 6) is 0. The van der Waals surface area contributed by atoms with Crippen LogP contribution in [0.1, 0.15) is 22.3 Å². The van der Waals surface area contributed by atoms with Crippen molar-refractivity contribution in [3.63, 3.8) is 0 Å². The molecule has 8 aromatic rings. The van der Waals surface area contributed by atoms with E-state index in [1.807, 2.05) is 0 Å². The van der Waals surface area contributed by atoms with Crippen LogP contribution in [0.5, 0.6) is 0 Å². The van der Waals surface area contributed by atoms with E-state index in [9.17, 15) is 0 Å². The molecule has 0 atom stereocenters. The molecule has 0 heterocycles. The Morgan fingerprint density at radius 1 is 0.250 bits per heavy atom. The maximum absolute atomic E-state index is 2.37. The Bertz CT molecular complexity index is 2120. The number of anilines is 6. The lowest BCUT2D eigenvalue weighted by molar-refractivity contribution is 1.27. The maximum atomic E-state index is 2.37. The first-order valence-electron chi connectivity index (χ1n) is 16.7. The quantitative estimate of drug-likeness (QED) is 0.171. The first-order chi connectivity index (χ1) is 23.4. The van der Waals surface area contributed by atoms with Crippen LogP contribution < -0.4 is 9.80 Å². The van der Waals surface area contributed by atoms with E-state index in [1.165, 1.54) is 54.6 Å². The van der Waals surface area contributed by atoms with Crippen LogP contribution in [0.4, 0.5) is 34.1 Å². The maximum Gasteiger partial charge on any atom is 0.0468 e. The molecule has 232 valence electrons. The van der Waals surface area contributed by atoms with Gasteiger partial charge in [0.05, 0.1) is 0 Å². The molecule has 0 unspecified atom stereocenters. The smallest absolute Gasteiger partial charge is 0.0468 e. The third-order valence-corrected chi connectivity index (χ3v) is 9.49. The van der Waals surface area contributed by atoms with E-state index < -0.39 is 0 Å². The van der Waals surface area contributed by atoms with Crippen LogP contribution in [0.3, 0.4) is 0 Å². The van der Waals surface area contributed by atoms with Gasteiger partial charge in [0.2, 0.25) is 0 Å². The Labute approximate surface area is 283 Å². The zero-order chi connectivity index (χ0) is 32.8. The van der Waals surface area contributed by atoms with Crippen LogP contribution in [0, 0.1) is 27.7 Å². The summed E-state index contributed by atoms with van der Waals surface area (Å²) in [4.78, 5) is 4.73. The van der Waals surface area contributed by atoms with Gasteiger partial charge in [0, 0.05) is 34.1 Å². The van der Waals surface area contributed by atoms with Crippen molar-refractivity contribution in [3.05, 3.63) is 180 Å². The highest BCUT2D eigenvalue weighted by Gasteiger charge is 2.18. The van der Waals surface area contributed by atoms with E-state index in [4.69, 9.17) is 0 Å². The summed E-state index contributed by atoms with van der Waals surface area (Å²) >= 11 is 0. The monoisotopic (exact) mass is 618 g/mol. The van der Waals surface area contributed by atoms with E-state index in [0.717, 1.165) is 34.1 Å². The Balaban J connectivity index is 1.34. The van der Waals surface area contributed by atoms with E-state index in [1.54, 1.807) is 0 Å². The van der Waals surface area contributed by atoms with Gasteiger partial charge in [0.15, 0.2) is 0 Å². The number of benzene rings is 8. The number of nitrogens with zero attached hydrogens (tertiary/aromatic N) is 2. The van der Waals surface area contributed by atoms with Gasteiger partial charge in [-0.15, -0.1) is 0 Å². The van der Waals surface area contributed by atoms with Crippen LogP contribution in [0.15, 0.2) is 158 Å². The number of hydrogen-bond acceptors (Lipinski definition) is 2. The Kier molecular flexibility index (Phi) is 7.42. The highest BCUT2D eigenvalue weighted by Crippen LogP contribution is 2.43. The predicted octanol–water partition coefficient (Wildman–Crippen LogP) is 13.3. The van der Waals surface area contributed by atoms with Crippen molar-refractivity contribution in [2.24, 2.45) is 0 Å². The summed E-state index contributed by atoms with van der Waals surface area (Å²) in [5, 5.41) is 7.52. The number of hydrogen-bond donors (Lipinski definition) is 0. The molecule has 0 aliphatic rings. The van der Waals surface area contributed by atoms with Crippen LogP contribution in [0.2, 0.25) is 0 Å². The van der Waals surface area contributed by atoms with E-state index in [0.29, 0.717) is 0 Å². The fourth-order valence-electron chi connectivity index (χ4n) is 6.88. The summed E-state index contributed by atoms with van der Waals surface area (Å²) in [6, 6.07) is 58.0. The third-order valence-electron chi connectivity index (χ3n) is 9.49. The Morgan fingerprint density at radius 3 is 0.792 bits per heavy atom. The molecule has 8 rings (SSSR count). The molecule has 0 aliphatic carbocycles. The van der Waals surface area contributed by atoms with Crippen molar-refractivity contribution in [2.45, 2.75) is 27.7 Å². The topological polar surface area (TPSA) is 6.48 Å². The van der Waals surface area contributed by atoms with Crippen LogP contribution in [-0.4, -0.2) is 0 Å². The first kappa shape index (κ1) is 29.5. The molecule has 0 aliphatic heterocycles. The van der Waals surface area contributed by atoms with Crippen molar-refractivity contribution in [3.8, 4) is 0 Å². The second kappa shape index (κ2) is 12.1. The highest BCUT2D eigenvalue weighted by atomic mass is 15.1. The van der Waals surface area contributed by atoms with Crippen molar-refractivity contribution >= 4 is 66.4 Å². The molecular weight excluding hydrogens is 581 g/mol. The predicted molar refractivity (Wildman–Crippen MR) is 207 cm³/mol. The molecular formula is C46H38N2. The van der Waals surface area contributed by atoms with Gasteiger partial charge in [0.1, 0.15) is 0 Å². The normalized spacial score (nSPS) is 11.3. The zero-order valence-electron chi connectivity index (χ0n) is 27.9. The molecule has 8 aromatic carbocycles. The van der Waals surface area contributed by atoms with Gasteiger partial charge in [-0.25, -0.2) is 0 Å². The van der Waals surface area contributed by atoms with Crippen molar-refractivity contribution in [2.75, 3.05) is 9.80 Å². The van der Waals surface area contributed by atoms with Crippen molar-refractivity contribution in [1.29, 1.82) is 0 Å². The lowest BCUT2D eigenvalue weighted by atomic mass is 9.93. The van der Waals surface area contributed by atoms with Gasteiger partial charge in [-0.2, -0.15) is 0 Å². The summed E-state index contributed by atoms with van der Waals surface area (Å²) in [5.41, 5.74) is 11.9. The SMILES string of the molecule is Cc1ccc(N(c2ccc(C)cc2)c2ccc3c4ccc(N(c5ccc(C)cc5)c5ccc(C)cc5)cc4c4ccccc4c3c2)cc1. The fraction of sp³-hybridized carbons (Fsp3) is 0.0870. The second-order valence-electron chi connectivity index (χ2n) is 13.0. The van der Waals surface area contributed by atoms with Gasteiger partial charge in [-0.1, -0.05) is 107 Å². The average Bonchev–Trinajstić information content (AvgIpc) is 3.12. The minimum Gasteiger partial charge on any atom is -0.310 e. The van der Waals surface area contributed by atoms with Crippen molar-refractivity contribution < 1.29 is 0 Å². The lowest BCUT2D eigenvalue weighted by Gasteiger charge is -2.27. The van der Waals surface area contributed by atoms with Gasteiger partial charge < -0.3 is 9.80 Å². The zero-order valence-corrected chi connectivity index (χ0v) is 27.9. The molecule has 0 radical (unpaired) electrons. The second-order valence-corrected chi connectivity index (χ2v) is 13.0. The Hall–Kier alpha value is -5.86. The van der Waals surface area contributed by atoms with E-state index in [-0.39, 0.29) is 0 Å². The minimum absolute atomic E-state index is 1.14. The first-order valence-corrected chi connectivity index (χ1v) is 16.7. The molecule has 2 nitrogen and oxygen atoms in total. The number of aryl methyl sites for hydroxylation is 4. The molecule has 2 heteroatoms. The van der Waals surface area contributed by atoms with Gasteiger partial charge in [0.25, 0.3) is 0 Å². The molecule has 0 saturated heterocycles. The van der Waals surface area contributed by atoms with Crippen molar-refractivity contribution in [1.82, 2.24) is 0 Å². The van der Waals surface area contributed by atoms with Crippen LogP contribution >= 0.6 is 0 Å². The summed E-state index contributed by atoms with van der Waals surface area (Å²) in [7, 11) is 0. The minimum atomic E-state index is 1.14. The standard InChI is InChI=1S/C46H38N2/c1-31-9-17-35(18-10-31)47(36-19-11-32(2)12-20-36)39-25-27-43-44-28-26-40(30-46(44)42-8-6-5-7-41(42)45(43)29-39)48(37-21-13-33(3)14-22-37)38-23-15-34(4)16-24-38/h5-30H,1-4H3. The summed E-state index contributed by atoms with van der Waals surface area (Å²) < 4.78 is 0. The molecule has 0 amide bonds. The average molecular weight is 619 g/mol. The molecule has 0 saturated carbocycles. The largest absolute Gasteiger partial charge is 0.310 e. The van der Waals surface area contributed by atoms with Gasteiger partial charge in [-0.05, 0) is 133 Å². The number of fused-ring (bicyclic) bond motifs is 6.